The number of hydrogen-bond acceptors (Lipinski definition) is 6. The number of hydrogen-bond donors (Lipinski definition) is 3. The van der Waals surface area contributed by atoms with E-state index in [0.717, 1.165) is 0 Å². The van der Waals surface area contributed by atoms with Gasteiger partial charge >= 0.3 is 0 Å². The Hall–Kier alpha value is -1.06. The van der Waals surface area contributed by atoms with Crippen LogP contribution < -0.4 is 5.73 Å². The van der Waals surface area contributed by atoms with E-state index < -0.39 is 22.0 Å². The molecule has 1 heterocycles. The first-order valence-corrected chi connectivity index (χ1v) is 8.57. The molecule has 2 rings (SSSR count). The number of benzene rings is 1. The number of nitrogens with two attached hydrogens (primary N) is 1. The first-order chi connectivity index (χ1) is 9.79. The Morgan fingerprint density at radius 3 is 2.52 bits per heavy atom. The van der Waals surface area contributed by atoms with Crippen LogP contribution in [0.5, 0.6) is 0 Å². The minimum absolute atomic E-state index is 0.0901. The summed E-state index contributed by atoms with van der Waals surface area (Å²) >= 11 is 4.84. The Morgan fingerprint density at radius 1 is 1.33 bits per heavy atom. The van der Waals surface area contributed by atoms with Crippen molar-refractivity contribution in [1.29, 1.82) is 0 Å². The van der Waals surface area contributed by atoms with E-state index in [9.17, 15) is 18.6 Å². The second-order valence-electron chi connectivity index (χ2n) is 5.11. The smallest absolute Gasteiger partial charge is 0.179 e. The Balaban J connectivity index is 2.05. The maximum atomic E-state index is 12.3. The molecule has 2 atom stereocenters. The van der Waals surface area contributed by atoms with Crippen LogP contribution in [0, 0.1) is 0 Å². The molecular formula is C13H18N2O4S2. The van der Waals surface area contributed by atoms with Gasteiger partial charge in [0.2, 0.25) is 0 Å². The van der Waals surface area contributed by atoms with Gasteiger partial charge in [0.25, 0.3) is 0 Å². The zero-order chi connectivity index (χ0) is 15.6. The van der Waals surface area contributed by atoms with Crippen molar-refractivity contribution in [3.63, 3.8) is 0 Å². The van der Waals surface area contributed by atoms with Crippen molar-refractivity contribution in [2.45, 2.75) is 17.1 Å². The highest BCUT2D eigenvalue weighted by Crippen LogP contribution is 2.15. The van der Waals surface area contributed by atoms with Crippen LogP contribution in [0.25, 0.3) is 0 Å². The predicted octanol–water partition coefficient (Wildman–Crippen LogP) is -0.868. The Bertz CT molecular complexity index is 623. The lowest BCUT2D eigenvalue weighted by Gasteiger charge is -2.14. The monoisotopic (exact) mass is 330 g/mol. The average Bonchev–Trinajstić information content (AvgIpc) is 2.76. The molecule has 0 bridgehead atoms. The third-order valence-electron chi connectivity index (χ3n) is 3.49. The van der Waals surface area contributed by atoms with E-state index in [0.29, 0.717) is 5.56 Å². The molecule has 8 heteroatoms. The fourth-order valence-corrected chi connectivity index (χ4v) is 3.69. The maximum absolute atomic E-state index is 12.3. The van der Waals surface area contributed by atoms with Crippen LogP contribution in [-0.4, -0.2) is 66.1 Å². The van der Waals surface area contributed by atoms with Gasteiger partial charge in [-0.05, 0) is 12.1 Å². The van der Waals surface area contributed by atoms with Crippen LogP contribution >= 0.6 is 12.2 Å². The maximum Gasteiger partial charge on any atom is 0.179 e. The van der Waals surface area contributed by atoms with Gasteiger partial charge in [0.15, 0.2) is 9.84 Å². The number of rotatable bonds is 5. The summed E-state index contributed by atoms with van der Waals surface area (Å²) in [5.41, 5.74) is 6.01. The van der Waals surface area contributed by atoms with Gasteiger partial charge in [0.05, 0.1) is 22.9 Å². The Kier molecular flexibility index (Phi) is 4.95. The van der Waals surface area contributed by atoms with Crippen LogP contribution in [-0.2, 0) is 9.84 Å². The van der Waals surface area contributed by atoms with E-state index >= 15 is 0 Å². The molecular weight excluding hydrogens is 312 g/mol. The van der Waals surface area contributed by atoms with Gasteiger partial charge in [-0.1, -0.05) is 24.4 Å². The molecule has 4 N–H and O–H groups in total. The first kappa shape index (κ1) is 16.3. The topological polar surface area (TPSA) is 104 Å². The number of likely N-dealkylation sites (tertiary alicyclic amines) is 1. The highest BCUT2D eigenvalue weighted by molar-refractivity contribution is 7.91. The normalized spacial score (nSPS) is 23.3. The van der Waals surface area contributed by atoms with Crippen LogP contribution in [0.1, 0.15) is 5.56 Å². The Morgan fingerprint density at radius 2 is 1.95 bits per heavy atom. The molecule has 0 aliphatic carbocycles. The molecule has 0 spiro atoms. The number of aliphatic hydroxyl groups excluding tert-OH is 2. The van der Waals surface area contributed by atoms with Crippen LogP contribution in [0.15, 0.2) is 29.2 Å². The Labute approximate surface area is 129 Å². The van der Waals surface area contributed by atoms with E-state index in [4.69, 9.17) is 18.0 Å². The SMILES string of the molecule is NC(=S)c1cccc(S(=O)(=O)CCN2CC(O)C(O)C2)c1. The molecule has 1 saturated heterocycles. The molecule has 1 aromatic carbocycles. The molecule has 0 aromatic heterocycles. The summed E-state index contributed by atoms with van der Waals surface area (Å²) in [4.78, 5) is 2.05. The van der Waals surface area contributed by atoms with Crippen molar-refractivity contribution in [2.24, 2.45) is 5.73 Å². The van der Waals surface area contributed by atoms with Crippen LogP contribution in [0.3, 0.4) is 0 Å². The molecule has 21 heavy (non-hydrogen) atoms. The highest BCUT2D eigenvalue weighted by atomic mass is 32.2. The largest absolute Gasteiger partial charge is 0.389 e. The van der Waals surface area contributed by atoms with Crippen LogP contribution in [0.4, 0.5) is 0 Å². The lowest BCUT2D eigenvalue weighted by molar-refractivity contribution is 0.0572. The van der Waals surface area contributed by atoms with Gasteiger partial charge in [0, 0.05) is 25.2 Å². The van der Waals surface area contributed by atoms with Crippen molar-refractivity contribution in [3.8, 4) is 0 Å². The summed E-state index contributed by atoms with van der Waals surface area (Å²) in [5.74, 6) is -0.0901. The zero-order valence-electron chi connectivity index (χ0n) is 11.3. The number of β-amino-alcohol motifs (C(OH)–C–C–N with tert-alkyl or cyclic N) is 2. The van der Waals surface area contributed by atoms with Crippen LogP contribution in [0.2, 0.25) is 0 Å². The third kappa shape index (κ3) is 3.98. The summed E-state index contributed by atoms with van der Waals surface area (Å²) in [6.45, 7) is 0.820. The second kappa shape index (κ2) is 6.37. The average molecular weight is 330 g/mol. The minimum atomic E-state index is -3.46. The van der Waals surface area contributed by atoms with Crippen molar-refractivity contribution >= 4 is 27.0 Å². The summed E-state index contributed by atoms with van der Waals surface area (Å²) in [6, 6.07) is 6.23. The van der Waals surface area contributed by atoms with Crippen molar-refractivity contribution in [1.82, 2.24) is 4.90 Å². The van der Waals surface area contributed by atoms with Gasteiger partial charge in [-0.2, -0.15) is 0 Å². The second-order valence-corrected chi connectivity index (χ2v) is 7.65. The van der Waals surface area contributed by atoms with E-state index in [1.54, 1.807) is 17.0 Å². The van der Waals surface area contributed by atoms with Gasteiger partial charge in [-0.3, -0.25) is 4.90 Å². The molecule has 1 fully saturated rings. The van der Waals surface area contributed by atoms with Gasteiger partial charge in [-0.15, -0.1) is 0 Å². The summed E-state index contributed by atoms with van der Waals surface area (Å²) in [6.07, 6.45) is -1.63. The highest BCUT2D eigenvalue weighted by Gasteiger charge is 2.30. The summed E-state index contributed by atoms with van der Waals surface area (Å²) in [5, 5.41) is 18.9. The molecule has 1 aliphatic heterocycles. The lowest BCUT2D eigenvalue weighted by atomic mass is 10.2. The quantitative estimate of drug-likeness (QED) is 0.603. The third-order valence-corrected chi connectivity index (χ3v) is 5.42. The zero-order valence-corrected chi connectivity index (χ0v) is 13.0. The van der Waals surface area contributed by atoms with Crippen molar-refractivity contribution < 1.29 is 18.6 Å². The fraction of sp³-hybridized carbons (Fsp3) is 0.462. The molecule has 0 amide bonds. The first-order valence-electron chi connectivity index (χ1n) is 6.51. The van der Waals surface area contributed by atoms with E-state index in [1.165, 1.54) is 12.1 Å². The van der Waals surface area contributed by atoms with Crippen molar-refractivity contribution in [3.05, 3.63) is 29.8 Å². The number of sulfone groups is 1. The number of thiocarbonyl (C=S) groups is 1. The minimum Gasteiger partial charge on any atom is -0.389 e. The van der Waals surface area contributed by atoms with Gasteiger partial charge in [0.1, 0.15) is 4.99 Å². The number of aliphatic hydroxyl groups is 2. The summed E-state index contributed by atoms with van der Waals surface area (Å²) < 4.78 is 24.6. The van der Waals surface area contributed by atoms with Gasteiger partial charge < -0.3 is 15.9 Å². The lowest BCUT2D eigenvalue weighted by Crippen LogP contribution is -2.28. The van der Waals surface area contributed by atoms with E-state index in [1.807, 2.05) is 0 Å². The molecule has 0 radical (unpaired) electrons. The van der Waals surface area contributed by atoms with E-state index in [-0.39, 0.29) is 35.3 Å². The molecule has 1 aromatic rings. The van der Waals surface area contributed by atoms with E-state index in [2.05, 4.69) is 0 Å². The molecule has 6 nitrogen and oxygen atoms in total. The molecule has 1 aliphatic rings. The summed E-state index contributed by atoms with van der Waals surface area (Å²) in [7, 11) is -3.46. The molecule has 0 saturated carbocycles. The molecule has 2 unspecified atom stereocenters. The predicted molar refractivity (Wildman–Crippen MR) is 82.8 cm³/mol. The van der Waals surface area contributed by atoms with Gasteiger partial charge in [-0.25, -0.2) is 8.42 Å². The standard InChI is InChI=1S/C13H18N2O4S2/c14-13(20)9-2-1-3-10(6-9)21(18,19)5-4-15-7-11(16)12(17)8-15/h1-3,6,11-12,16-17H,4-5,7-8H2,(H2,14,20). The number of nitrogens with zero attached hydrogens (tertiary/aromatic N) is 1. The van der Waals surface area contributed by atoms with Crippen molar-refractivity contribution in [2.75, 3.05) is 25.4 Å². The fourth-order valence-electron chi connectivity index (χ4n) is 2.24. The molecule has 116 valence electrons.